The van der Waals surface area contributed by atoms with E-state index >= 15 is 0 Å². The van der Waals surface area contributed by atoms with Gasteiger partial charge in [0, 0.05) is 36.1 Å². The molecule has 6 heteroatoms. The molecule has 1 saturated heterocycles. The topological polar surface area (TPSA) is 58.1 Å². The Morgan fingerprint density at radius 3 is 2.96 bits per heavy atom. The molecule has 0 saturated carbocycles. The maximum absolute atomic E-state index is 13.1. The molecule has 1 aliphatic carbocycles. The van der Waals surface area contributed by atoms with Gasteiger partial charge in [0.1, 0.15) is 5.82 Å². The largest absolute Gasteiger partial charge is 0.333 e. The minimum atomic E-state index is 0.181. The van der Waals surface area contributed by atoms with Crippen LogP contribution in [-0.2, 0) is 25.8 Å². The van der Waals surface area contributed by atoms with Crippen LogP contribution >= 0.6 is 11.3 Å². The third kappa shape index (κ3) is 3.41. The summed E-state index contributed by atoms with van der Waals surface area (Å²) in [6.45, 7) is 2.44. The first-order valence-electron chi connectivity index (χ1n) is 10.3. The standard InChI is InChI=1S/C21H26N4OS/c26-21(19-11-14-5-2-1-3-7-18(14)27-19)25-10-8-16-15(13-25)12-23-20(24-16)17-6-4-9-22-17/h11-12,17,22H,1-10,13H2/t17-/m1/s1. The van der Waals surface area contributed by atoms with E-state index in [2.05, 4.69) is 16.4 Å². The molecule has 142 valence electrons. The average molecular weight is 383 g/mol. The van der Waals surface area contributed by atoms with Gasteiger partial charge >= 0.3 is 0 Å². The second-order valence-electron chi connectivity index (χ2n) is 7.95. The van der Waals surface area contributed by atoms with Gasteiger partial charge in [-0.05, 0) is 56.7 Å². The number of aryl methyl sites for hydroxylation is 2. The van der Waals surface area contributed by atoms with E-state index < -0.39 is 0 Å². The van der Waals surface area contributed by atoms with Crippen LogP contribution in [0.25, 0.3) is 0 Å². The number of hydrogen-bond acceptors (Lipinski definition) is 5. The van der Waals surface area contributed by atoms with Crippen LogP contribution in [0.2, 0.25) is 0 Å². The number of carbonyl (C=O) groups excluding carboxylic acids is 1. The highest BCUT2D eigenvalue weighted by Gasteiger charge is 2.27. The Kier molecular flexibility index (Phi) is 4.70. The van der Waals surface area contributed by atoms with Crippen molar-refractivity contribution in [3.63, 3.8) is 0 Å². The summed E-state index contributed by atoms with van der Waals surface area (Å²) in [5, 5.41) is 3.47. The number of thiophene rings is 1. The minimum Gasteiger partial charge on any atom is -0.333 e. The zero-order chi connectivity index (χ0) is 18.2. The van der Waals surface area contributed by atoms with E-state index in [1.165, 1.54) is 36.1 Å². The lowest BCUT2D eigenvalue weighted by Gasteiger charge is -2.28. The fourth-order valence-corrected chi connectivity index (χ4v) is 5.73. The van der Waals surface area contributed by atoms with Crippen LogP contribution in [0.3, 0.4) is 0 Å². The molecule has 1 amide bonds. The summed E-state index contributed by atoms with van der Waals surface area (Å²) in [6, 6.07) is 2.46. The van der Waals surface area contributed by atoms with E-state index in [9.17, 15) is 4.79 Å². The third-order valence-corrected chi connectivity index (χ3v) is 7.29. The summed E-state index contributed by atoms with van der Waals surface area (Å²) >= 11 is 1.72. The third-order valence-electron chi connectivity index (χ3n) is 6.07. The number of aromatic nitrogens is 2. The van der Waals surface area contributed by atoms with E-state index in [1.54, 1.807) is 11.3 Å². The van der Waals surface area contributed by atoms with Gasteiger partial charge in [-0.25, -0.2) is 9.97 Å². The molecule has 0 aromatic carbocycles. The fraction of sp³-hybridized carbons (Fsp3) is 0.571. The van der Waals surface area contributed by atoms with Gasteiger partial charge in [0.05, 0.1) is 16.6 Å². The molecule has 5 rings (SSSR count). The number of carbonyl (C=O) groups is 1. The molecule has 0 radical (unpaired) electrons. The first kappa shape index (κ1) is 17.3. The summed E-state index contributed by atoms with van der Waals surface area (Å²) in [4.78, 5) is 26.8. The summed E-state index contributed by atoms with van der Waals surface area (Å²) in [6.07, 6.45) is 11.2. The molecule has 5 nitrogen and oxygen atoms in total. The summed E-state index contributed by atoms with van der Waals surface area (Å²) in [5.41, 5.74) is 3.64. The second-order valence-corrected chi connectivity index (χ2v) is 9.08. The van der Waals surface area contributed by atoms with E-state index in [-0.39, 0.29) is 5.91 Å². The van der Waals surface area contributed by atoms with Gasteiger partial charge in [-0.2, -0.15) is 0 Å². The summed E-state index contributed by atoms with van der Waals surface area (Å²) in [7, 11) is 0. The molecule has 4 heterocycles. The van der Waals surface area contributed by atoms with Crippen LogP contribution in [-0.4, -0.2) is 33.9 Å². The van der Waals surface area contributed by atoms with E-state index in [0.717, 1.165) is 60.7 Å². The van der Waals surface area contributed by atoms with Crippen molar-refractivity contribution in [2.75, 3.05) is 13.1 Å². The van der Waals surface area contributed by atoms with Crippen molar-refractivity contribution in [1.29, 1.82) is 0 Å². The number of nitrogens with one attached hydrogen (secondary N) is 1. The lowest BCUT2D eigenvalue weighted by atomic mass is 10.1. The van der Waals surface area contributed by atoms with E-state index in [1.807, 2.05) is 11.1 Å². The van der Waals surface area contributed by atoms with Gasteiger partial charge in [-0.1, -0.05) is 6.42 Å². The highest BCUT2D eigenvalue weighted by atomic mass is 32.1. The predicted octanol–water partition coefficient (Wildman–Crippen LogP) is 3.43. The molecule has 2 aromatic heterocycles. The Morgan fingerprint density at radius 1 is 1.15 bits per heavy atom. The van der Waals surface area contributed by atoms with Crippen molar-refractivity contribution in [2.24, 2.45) is 0 Å². The van der Waals surface area contributed by atoms with Crippen molar-refractivity contribution in [1.82, 2.24) is 20.2 Å². The summed E-state index contributed by atoms with van der Waals surface area (Å²) in [5.74, 6) is 1.10. The molecule has 1 atom stereocenters. The molecule has 0 bridgehead atoms. The zero-order valence-electron chi connectivity index (χ0n) is 15.7. The Hall–Kier alpha value is -1.79. The first-order chi connectivity index (χ1) is 13.3. The van der Waals surface area contributed by atoms with Crippen molar-refractivity contribution in [2.45, 2.75) is 64.0 Å². The second kappa shape index (κ2) is 7.32. The van der Waals surface area contributed by atoms with Crippen LogP contribution in [0.4, 0.5) is 0 Å². The molecule has 0 unspecified atom stereocenters. The molecule has 3 aliphatic rings. The van der Waals surface area contributed by atoms with Crippen LogP contribution in [0.5, 0.6) is 0 Å². The zero-order valence-corrected chi connectivity index (χ0v) is 16.5. The molecule has 27 heavy (non-hydrogen) atoms. The molecule has 2 aromatic rings. The Balaban J connectivity index is 1.32. The van der Waals surface area contributed by atoms with Gasteiger partial charge in [-0.3, -0.25) is 4.79 Å². The van der Waals surface area contributed by atoms with Crippen LogP contribution in [0.1, 0.15) is 75.3 Å². The minimum absolute atomic E-state index is 0.181. The molecule has 1 N–H and O–H groups in total. The van der Waals surface area contributed by atoms with Crippen molar-refractivity contribution >= 4 is 17.2 Å². The predicted molar refractivity (Wildman–Crippen MR) is 106 cm³/mol. The lowest BCUT2D eigenvalue weighted by Crippen LogP contribution is -2.36. The number of rotatable bonds is 2. The quantitative estimate of drug-likeness (QED) is 0.809. The maximum Gasteiger partial charge on any atom is 0.264 e. The van der Waals surface area contributed by atoms with Gasteiger partial charge in [0.15, 0.2) is 0 Å². The Bertz CT molecular complexity index is 832. The normalized spacial score (nSPS) is 22.2. The average Bonchev–Trinajstić information content (AvgIpc) is 3.33. The molecular formula is C21H26N4OS. The fourth-order valence-electron chi connectivity index (χ4n) is 4.51. The van der Waals surface area contributed by atoms with Crippen molar-refractivity contribution in [3.8, 4) is 0 Å². The van der Waals surface area contributed by atoms with Gasteiger partial charge in [0.25, 0.3) is 5.91 Å². The number of fused-ring (bicyclic) bond motifs is 2. The maximum atomic E-state index is 13.1. The number of amides is 1. The smallest absolute Gasteiger partial charge is 0.264 e. The number of nitrogens with zero attached hydrogens (tertiary/aromatic N) is 3. The Morgan fingerprint density at radius 2 is 2.07 bits per heavy atom. The van der Waals surface area contributed by atoms with Gasteiger partial charge in [-0.15, -0.1) is 11.3 Å². The van der Waals surface area contributed by atoms with Gasteiger partial charge in [0.2, 0.25) is 0 Å². The first-order valence-corrected chi connectivity index (χ1v) is 11.1. The highest BCUT2D eigenvalue weighted by Crippen LogP contribution is 2.31. The highest BCUT2D eigenvalue weighted by molar-refractivity contribution is 7.14. The summed E-state index contributed by atoms with van der Waals surface area (Å²) < 4.78 is 0. The lowest BCUT2D eigenvalue weighted by molar-refractivity contribution is 0.0738. The SMILES string of the molecule is O=C(c1cc2c(s1)CCCCC2)N1CCc2nc([C@H]3CCCN3)ncc2C1. The van der Waals surface area contributed by atoms with Crippen LogP contribution < -0.4 is 5.32 Å². The van der Waals surface area contributed by atoms with E-state index in [4.69, 9.17) is 4.98 Å². The van der Waals surface area contributed by atoms with Crippen LogP contribution in [0, 0.1) is 0 Å². The Labute approximate surface area is 164 Å². The van der Waals surface area contributed by atoms with Crippen molar-refractivity contribution in [3.05, 3.63) is 44.7 Å². The van der Waals surface area contributed by atoms with Crippen LogP contribution in [0.15, 0.2) is 12.3 Å². The monoisotopic (exact) mass is 382 g/mol. The van der Waals surface area contributed by atoms with Crippen molar-refractivity contribution < 1.29 is 4.79 Å². The van der Waals surface area contributed by atoms with E-state index in [0.29, 0.717) is 12.6 Å². The molecule has 0 spiro atoms. The molecule has 2 aliphatic heterocycles. The molecule has 1 fully saturated rings. The van der Waals surface area contributed by atoms with Gasteiger partial charge < -0.3 is 10.2 Å². The number of hydrogen-bond donors (Lipinski definition) is 1. The molecular weight excluding hydrogens is 356 g/mol.